The van der Waals surface area contributed by atoms with Crippen LogP contribution in [0, 0.1) is 11.2 Å². The molecule has 33 heavy (non-hydrogen) atoms. The minimum absolute atomic E-state index is 0.0254. The van der Waals surface area contributed by atoms with Gasteiger partial charge < -0.3 is 15.5 Å². The van der Waals surface area contributed by atoms with E-state index >= 15 is 0 Å². The van der Waals surface area contributed by atoms with Crippen LogP contribution in [0.15, 0.2) is 18.2 Å². The number of halogens is 4. The number of rotatable bonds is 3. The van der Waals surface area contributed by atoms with Crippen LogP contribution in [0.5, 0.6) is 0 Å². The summed E-state index contributed by atoms with van der Waals surface area (Å²) in [4.78, 5) is 27.4. The Morgan fingerprint density at radius 2 is 1.85 bits per heavy atom. The normalized spacial score (nSPS) is 15.7. The third-order valence-electron chi connectivity index (χ3n) is 5.63. The summed E-state index contributed by atoms with van der Waals surface area (Å²) in [5, 5.41) is 9.41. The van der Waals surface area contributed by atoms with Crippen molar-refractivity contribution in [2.45, 2.75) is 46.0 Å². The Kier molecular flexibility index (Phi) is 6.56. The zero-order valence-electron chi connectivity index (χ0n) is 19.1. The second-order valence-electron chi connectivity index (χ2n) is 9.23. The van der Waals surface area contributed by atoms with Gasteiger partial charge in [-0.05, 0) is 30.7 Å². The van der Waals surface area contributed by atoms with Crippen LogP contribution in [0.4, 0.5) is 22.4 Å². The molecule has 180 valence electrons. The maximum absolute atomic E-state index is 14.7. The number of amides is 2. The average Bonchev–Trinajstić information content (AvgIpc) is 3.08. The van der Waals surface area contributed by atoms with E-state index < -0.39 is 41.0 Å². The monoisotopic (exact) mass is 469 g/mol. The van der Waals surface area contributed by atoms with Gasteiger partial charge in [0.25, 0.3) is 0 Å². The van der Waals surface area contributed by atoms with Crippen molar-refractivity contribution in [2.24, 2.45) is 5.41 Å². The molecule has 0 saturated carbocycles. The van der Waals surface area contributed by atoms with E-state index in [0.29, 0.717) is 36.4 Å². The molecule has 0 radical (unpaired) electrons. The van der Waals surface area contributed by atoms with Gasteiger partial charge in [0.1, 0.15) is 17.6 Å². The number of aromatic nitrogens is 2. The lowest BCUT2D eigenvalue weighted by Crippen LogP contribution is -2.54. The van der Waals surface area contributed by atoms with Crippen molar-refractivity contribution in [3.8, 4) is 11.3 Å². The summed E-state index contributed by atoms with van der Waals surface area (Å²) >= 11 is 0. The van der Waals surface area contributed by atoms with E-state index in [1.807, 2.05) is 11.9 Å². The number of likely N-dealkylation sites (N-methyl/N-ethyl adjacent to an activating group) is 2. The van der Waals surface area contributed by atoms with Gasteiger partial charge in [0.15, 0.2) is 0 Å². The number of carbonyl (C=O) groups is 2. The Hall–Kier alpha value is -2.95. The van der Waals surface area contributed by atoms with Gasteiger partial charge in [-0.2, -0.15) is 23.0 Å². The molecule has 0 fully saturated rings. The molecular weight excluding hydrogens is 442 g/mol. The van der Waals surface area contributed by atoms with Gasteiger partial charge in [0.2, 0.25) is 5.91 Å². The van der Waals surface area contributed by atoms with Gasteiger partial charge in [0, 0.05) is 37.7 Å². The molecule has 0 saturated heterocycles. The molecule has 7 nitrogen and oxygen atoms in total. The van der Waals surface area contributed by atoms with E-state index in [1.54, 1.807) is 20.8 Å². The lowest BCUT2D eigenvalue weighted by Gasteiger charge is -2.30. The third kappa shape index (κ3) is 5.02. The quantitative estimate of drug-likeness (QED) is 0.676. The molecule has 2 heterocycles. The van der Waals surface area contributed by atoms with Gasteiger partial charge in [-0.15, -0.1) is 0 Å². The standard InChI is InChI=1S/C22H27F4N5O2/c1-21(2,3)18(19(32)27-4)28-20(33)31-16-8-9-30(5)11-14(16)17(29-31)13-10-12(22(24,25)26)6-7-15(13)23/h6-7,10,18H,8-9,11H2,1-5H3,(H,27,32)(H,28,33). The first-order valence-electron chi connectivity index (χ1n) is 10.4. The minimum Gasteiger partial charge on any atom is -0.357 e. The number of hydrogen-bond donors (Lipinski definition) is 2. The van der Waals surface area contributed by atoms with Crippen LogP contribution in [-0.2, 0) is 23.9 Å². The maximum Gasteiger partial charge on any atom is 0.416 e. The Balaban J connectivity index is 2.11. The average molecular weight is 469 g/mol. The fourth-order valence-electron chi connectivity index (χ4n) is 3.83. The van der Waals surface area contributed by atoms with Crippen LogP contribution >= 0.6 is 0 Å². The Morgan fingerprint density at radius 3 is 2.42 bits per heavy atom. The Bertz CT molecular complexity index is 1070. The van der Waals surface area contributed by atoms with Gasteiger partial charge in [0.05, 0.1) is 11.3 Å². The molecule has 3 rings (SSSR count). The highest BCUT2D eigenvalue weighted by Gasteiger charge is 2.36. The number of carbonyl (C=O) groups excluding carboxylic acids is 2. The van der Waals surface area contributed by atoms with E-state index in [-0.39, 0.29) is 17.8 Å². The van der Waals surface area contributed by atoms with E-state index in [1.165, 1.54) is 7.05 Å². The second-order valence-corrected chi connectivity index (χ2v) is 9.23. The molecule has 2 N–H and O–H groups in total. The highest BCUT2D eigenvalue weighted by Crippen LogP contribution is 2.36. The number of fused-ring (bicyclic) bond motifs is 1. The molecule has 0 spiro atoms. The third-order valence-corrected chi connectivity index (χ3v) is 5.63. The van der Waals surface area contributed by atoms with Crippen molar-refractivity contribution >= 4 is 11.9 Å². The van der Waals surface area contributed by atoms with Crippen molar-refractivity contribution in [1.82, 2.24) is 25.3 Å². The molecular formula is C22H27F4N5O2. The first-order valence-corrected chi connectivity index (χ1v) is 10.4. The first kappa shape index (κ1) is 24.7. The van der Waals surface area contributed by atoms with Gasteiger partial charge in [-0.3, -0.25) is 4.79 Å². The van der Waals surface area contributed by atoms with Crippen LogP contribution in [0.1, 0.15) is 37.6 Å². The van der Waals surface area contributed by atoms with Gasteiger partial charge in [-0.25, -0.2) is 9.18 Å². The zero-order chi connectivity index (χ0) is 24.7. The summed E-state index contributed by atoms with van der Waals surface area (Å²) in [6.07, 6.45) is -4.28. The molecule has 1 unspecified atom stereocenters. The first-order chi connectivity index (χ1) is 15.2. The molecule has 0 bridgehead atoms. The molecule has 2 amide bonds. The molecule has 11 heteroatoms. The SMILES string of the molecule is CNC(=O)C(NC(=O)n1nc(-c2cc(C(F)(F)F)ccc2F)c2c1CCN(C)C2)C(C)(C)C. The fraction of sp³-hybridized carbons (Fsp3) is 0.500. The van der Waals surface area contributed by atoms with E-state index in [9.17, 15) is 27.2 Å². The highest BCUT2D eigenvalue weighted by atomic mass is 19.4. The van der Waals surface area contributed by atoms with Crippen LogP contribution in [-0.4, -0.2) is 53.3 Å². The van der Waals surface area contributed by atoms with Crippen molar-refractivity contribution in [2.75, 3.05) is 20.6 Å². The van der Waals surface area contributed by atoms with E-state index in [2.05, 4.69) is 15.7 Å². The molecule has 1 aliphatic heterocycles. The summed E-state index contributed by atoms with van der Waals surface area (Å²) in [6, 6.07) is 0.514. The van der Waals surface area contributed by atoms with Crippen molar-refractivity contribution in [3.63, 3.8) is 0 Å². The summed E-state index contributed by atoms with van der Waals surface area (Å²) < 4.78 is 55.5. The largest absolute Gasteiger partial charge is 0.416 e. The number of nitrogens with zero attached hydrogens (tertiary/aromatic N) is 3. The Labute approximate surface area is 189 Å². The topological polar surface area (TPSA) is 79.3 Å². The molecule has 1 aromatic carbocycles. The summed E-state index contributed by atoms with van der Waals surface area (Å²) in [5.41, 5.74) is -1.04. The maximum atomic E-state index is 14.7. The van der Waals surface area contributed by atoms with E-state index in [0.717, 1.165) is 10.7 Å². The number of nitrogens with one attached hydrogen (secondary N) is 2. The minimum atomic E-state index is -4.66. The van der Waals surface area contributed by atoms with Crippen LogP contribution in [0.25, 0.3) is 11.3 Å². The molecule has 2 aromatic rings. The summed E-state index contributed by atoms with van der Waals surface area (Å²) in [7, 11) is 3.27. The van der Waals surface area contributed by atoms with E-state index in [4.69, 9.17) is 0 Å². The zero-order valence-corrected chi connectivity index (χ0v) is 19.1. The number of hydrogen-bond acceptors (Lipinski definition) is 4. The molecule has 1 atom stereocenters. The van der Waals surface area contributed by atoms with Crippen LogP contribution in [0.3, 0.4) is 0 Å². The van der Waals surface area contributed by atoms with Crippen LogP contribution in [0.2, 0.25) is 0 Å². The molecule has 0 aliphatic carbocycles. The summed E-state index contributed by atoms with van der Waals surface area (Å²) in [6.45, 7) is 6.21. The van der Waals surface area contributed by atoms with Crippen LogP contribution < -0.4 is 10.6 Å². The predicted molar refractivity (Wildman–Crippen MR) is 114 cm³/mol. The predicted octanol–water partition coefficient (Wildman–Crippen LogP) is 3.41. The fourth-order valence-corrected chi connectivity index (χ4v) is 3.83. The van der Waals surface area contributed by atoms with Gasteiger partial charge in [-0.1, -0.05) is 20.8 Å². The number of benzene rings is 1. The van der Waals surface area contributed by atoms with Crippen molar-refractivity contribution in [1.29, 1.82) is 0 Å². The molecule has 1 aliphatic rings. The summed E-state index contributed by atoms with van der Waals surface area (Å²) in [5.74, 6) is -1.28. The number of alkyl halides is 3. The lowest BCUT2D eigenvalue weighted by molar-refractivity contribution is -0.137. The lowest BCUT2D eigenvalue weighted by atomic mass is 9.86. The van der Waals surface area contributed by atoms with Crippen molar-refractivity contribution in [3.05, 3.63) is 40.8 Å². The Morgan fingerprint density at radius 1 is 1.18 bits per heavy atom. The molecule has 1 aromatic heterocycles. The smallest absolute Gasteiger partial charge is 0.357 e. The highest BCUT2D eigenvalue weighted by molar-refractivity contribution is 5.88. The van der Waals surface area contributed by atoms with Crippen molar-refractivity contribution < 1.29 is 27.2 Å². The van der Waals surface area contributed by atoms with Gasteiger partial charge >= 0.3 is 12.2 Å². The second kappa shape index (κ2) is 8.77.